The summed E-state index contributed by atoms with van der Waals surface area (Å²) in [7, 11) is -0.357. The number of rotatable bonds is 2. The highest BCUT2D eigenvalue weighted by atomic mass is 16.5. The molecule has 0 bridgehead atoms. The van der Waals surface area contributed by atoms with Crippen LogP contribution in [-0.4, -0.2) is 35.2 Å². The largest absolute Gasteiger partial charge is 0.490 e. The Hall–Kier alpha value is -1.79. The van der Waals surface area contributed by atoms with Gasteiger partial charge in [-0.15, -0.1) is 0 Å². The van der Waals surface area contributed by atoms with Crippen molar-refractivity contribution in [2.45, 2.75) is 0 Å². The Labute approximate surface area is 91.8 Å². The quantitative estimate of drug-likeness (QED) is 0.475. The predicted octanol–water partition coefficient (Wildman–Crippen LogP) is -0.366. The number of fused-ring (bicyclic) bond motifs is 1. The Kier molecular flexibility index (Phi) is 2.68. The molecule has 0 radical (unpaired) electrons. The van der Waals surface area contributed by atoms with E-state index in [0.717, 1.165) is 5.39 Å². The second-order valence-corrected chi connectivity index (χ2v) is 3.37. The van der Waals surface area contributed by atoms with E-state index in [-0.39, 0.29) is 11.0 Å². The van der Waals surface area contributed by atoms with E-state index < -0.39 is 13.1 Å². The van der Waals surface area contributed by atoms with Crippen LogP contribution in [0.5, 0.6) is 0 Å². The molecule has 6 heteroatoms. The Morgan fingerprint density at radius 1 is 1.44 bits per heavy atom. The standard InChI is InChI=1S/C10H10BNO4/c1-16-10(13)7-4-6-2-3-12-9(6)8(5-7)11(14)15/h2-5,12,14-15H,1H3. The Morgan fingerprint density at radius 2 is 2.19 bits per heavy atom. The van der Waals surface area contributed by atoms with Crippen molar-refractivity contribution in [2.75, 3.05) is 7.11 Å². The van der Waals surface area contributed by atoms with E-state index in [4.69, 9.17) is 0 Å². The monoisotopic (exact) mass is 219 g/mol. The van der Waals surface area contributed by atoms with Gasteiger partial charge in [0.15, 0.2) is 0 Å². The van der Waals surface area contributed by atoms with E-state index in [9.17, 15) is 14.8 Å². The van der Waals surface area contributed by atoms with Gasteiger partial charge in [-0.05, 0) is 23.6 Å². The zero-order valence-corrected chi connectivity index (χ0v) is 8.60. The minimum absolute atomic E-state index is 0.253. The smallest absolute Gasteiger partial charge is 0.465 e. The van der Waals surface area contributed by atoms with Crippen LogP contribution in [0.15, 0.2) is 24.4 Å². The number of carbonyl (C=O) groups excluding carboxylic acids is 1. The van der Waals surface area contributed by atoms with Crippen LogP contribution in [0.3, 0.4) is 0 Å². The maximum absolute atomic E-state index is 11.4. The number of nitrogens with one attached hydrogen (secondary N) is 1. The van der Waals surface area contributed by atoms with Gasteiger partial charge in [-0.2, -0.15) is 0 Å². The van der Waals surface area contributed by atoms with Crippen LogP contribution in [-0.2, 0) is 4.74 Å². The van der Waals surface area contributed by atoms with Gasteiger partial charge in [-0.1, -0.05) is 0 Å². The Bertz CT molecular complexity index is 535. The predicted molar refractivity (Wildman–Crippen MR) is 59.5 cm³/mol. The van der Waals surface area contributed by atoms with Crippen molar-refractivity contribution in [3.63, 3.8) is 0 Å². The summed E-state index contributed by atoms with van der Waals surface area (Å²) in [6.07, 6.45) is 1.66. The van der Waals surface area contributed by atoms with Crippen LogP contribution in [0.25, 0.3) is 10.9 Å². The number of carbonyl (C=O) groups is 1. The van der Waals surface area contributed by atoms with Crippen LogP contribution < -0.4 is 5.46 Å². The lowest BCUT2D eigenvalue weighted by atomic mass is 9.78. The van der Waals surface area contributed by atoms with Crippen LogP contribution in [0.1, 0.15) is 10.4 Å². The van der Waals surface area contributed by atoms with E-state index in [1.165, 1.54) is 13.2 Å². The van der Waals surface area contributed by atoms with Gasteiger partial charge in [-0.3, -0.25) is 0 Å². The third-order valence-electron chi connectivity index (χ3n) is 2.39. The van der Waals surface area contributed by atoms with Gasteiger partial charge in [0.2, 0.25) is 0 Å². The molecule has 2 rings (SSSR count). The second-order valence-electron chi connectivity index (χ2n) is 3.37. The van der Waals surface area contributed by atoms with Crippen molar-refractivity contribution >= 4 is 29.5 Å². The first-order valence-corrected chi connectivity index (χ1v) is 4.69. The van der Waals surface area contributed by atoms with Gasteiger partial charge in [0.25, 0.3) is 0 Å². The molecule has 0 atom stereocenters. The van der Waals surface area contributed by atoms with E-state index in [1.807, 2.05) is 0 Å². The number of benzene rings is 1. The summed E-state index contributed by atoms with van der Waals surface area (Å²) in [5.74, 6) is -0.509. The van der Waals surface area contributed by atoms with Crippen molar-refractivity contribution in [3.8, 4) is 0 Å². The molecule has 2 aromatic rings. The van der Waals surface area contributed by atoms with Crippen molar-refractivity contribution in [1.82, 2.24) is 4.98 Å². The number of H-pyrrole nitrogens is 1. The Morgan fingerprint density at radius 3 is 2.81 bits per heavy atom. The lowest BCUT2D eigenvalue weighted by molar-refractivity contribution is 0.0601. The average molecular weight is 219 g/mol. The SMILES string of the molecule is COC(=O)c1cc(B(O)O)c2[nH]ccc2c1. The molecule has 0 saturated heterocycles. The third kappa shape index (κ3) is 1.68. The zero-order valence-electron chi connectivity index (χ0n) is 8.60. The first kappa shape index (κ1) is 10.7. The highest BCUT2D eigenvalue weighted by molar-refractivity contribution is 6.61. The molecule has 0 saturated carbocycles. The minimum Gasteiger partial charge on any atom is -0.465 e. The molecule has 0 unspecified atom stereocenters. The fourth-order valence-corrected chi connectivity index (χ4v) is 1.64. The number of methoxy groups -OCH3 is 1. The van der Waals surface area contributed by atoms with Gasteiger partial charge < -0.3 is 19.8 Å². The van der Waals surface area contributed by atoms with Crippen molar-refractivity contribution < 1.29 is 19.6 Å². The first-order valence-electron chi connectivity index (χ1n) is 4.69. The summed E-state index contributed by atoms with van der Waals surface area (Å²) in [5, 5.41) is 19.1. The van der Waals surface area contributed by atoms with Crippen LogP contribution in [0, 0.1) is 0 Å². The van der Waals surface area contributed by atoms with Crippen molar-refractivity contribution in [3.05, 3.63) is 30.0 Å². The van der Waals surface area contributed by atoms with E-state index in [0.29, 0.717) is 5.52 Å². The molecule has 1 heterocycles. The summed E-state index contributed by atoms with van der Waals surface area (Å²) in [4.78, 5) is 14.2. The van der Waals surface area contributed by atoms with Gasteiger partial charge in [-0.25, -0.2) is 4.79 Å². The van der Waals surface area contributed by atoms with Crippen LogP contribution in [0.2, 0.25) is 0 Å². The van der Waals surface area contributed by atoms with Crippen molar-refractivity contribution in [2.24, 2.45) is 0 Å². The molecular weight excluding hydrogens is 209 g/mol. The van der Waals surface area contributed by atoms with Crippen LogP contribution >= 0.6 is 0 Å². The number of ether oxygens (including phenoxy) is 1. The highest BCUT2D eigenvalue weighted by Gasteiger charge is 2.19. The first-order chi connectivity index (χ1) is 7.63. The number of aromatic nitrogens is 1. The maximum atomic E-state index is 11.4. The second kappa shape index (κ2) is 4.00. The molecule has 1 aromatic heterocycles. The average Bonchev–Trinajstić information content (AvgIpc) is 2.74. The summed E-state index contributed by atoms with van der Waals surface area (Å²) >= 11 is 0. The van der Waals surface area contributed by atoms with Crippen LogP contribution in [0.4, 0.5) is 0 Å². The number of hydrogen-bond acceptors (Lipinski definition) is 4. The topological polar surface area (TPSA) is 82.6 Å². The zero-order chi connectivity index (χ0) is 11.7. The molecule has 0 spiro atoms. The van der Waals surface area contributed by atoms with Crippen molar-refractivity contribution in [1.29, 1.82) is 0 Å². The third-order valence-corrected chi connectivity index (χ3v) is 2.39. The van der Waals surface area contributed by atoms with Gasteiger partial charge in [0.05, 0.1) is 12.7 Å². The number of esters is 1. The van der Waals surface area contributed by atoms with E-state index in [2.05, 4.69) is 9.72 Å². The molecule has 0 aliphatic rings. The molecule has 0 amide bonds. The molecule has 1 aromatic carbocycles. The number of hydrogen-bond donors (Lipinski definition) is 3. The molecular formula is C10H10BNO4. The molecule has 3 N–H and O–H groups in total. The van der Waals surface area contributed by atoms with Gasteiger partial charge >= 0.3 is 13.1 Å². The summed E-state index contributed by atoms with van der Waals surface area (Å²) < 4.78 is 4.58. The lowest BCUT2D eigenvalue weighted by Gasteiger charge is -2.05. The molecule has 0 aliphatic carbocycles. The molecule has 82 valence electrons. The maximum Gasteiger partial charge on any atom is 0.490 e. The summed E-state index contributed by atoms with van der Waals surface area (Å²) in [6, 6.07) is 4.77. The highest BCUT2D eigenvalue weighted by Crippen LogP contribution is 2.13. The van der Waals surface area contributed by atoms with Gasteiger partial charge in [0, 0.05) is 17.2 Å². The molecule has 16 heavy (non-hydrogen) atoms. The summed E-state index contributed by atoms with van der Waals surface area (Å²) in [5.41, 5.74) is 1.14. The Balaban J connectivity index is 2.66. The van der Waals surface area contributed by atoms with Gasteiger partial charge in [0.1, 0.15) is 0 Å². The normalized spacial score (nSPS) is 10.4. The lowest BCUT2D eigenvalue weighted by Crippen LogP contribution is -2.31. The van der Waals surface area contributed by atoms with E-state index >= 15 is 0 Å². The summed E-state index contributed by atoms with van der Waals surface area (Å²) in [6.45, 7) is 0. The molecule has 0 fully saturated rings. The molecule has 0 aliphatic heterocycles. The fourth-order valence-electron chi connectivity index (χ4n) is 1.64. The fraction of sp³-hybridized carbons (Fsp3) is 0.100. The molecule has 5 nitrogen and oxygen atoms in total. The number of aromatic amines is 1. The van der Waals surface area contributed by atoms with E-state index in [1.54, 1.807) is 18.3 Å². The minimum atomic E-state index is -1.63.